The lowest BCUT2D eigenvalue weighted by Gasteiger charge is -2.34. The highest BCUT2D eigenvalue weighted by Crippen LogP contribution is 2.10. The van der Waals surface area contributed by atoms with E-state index in [9.17, 15) is 4.79 Å². The number of halogens is 2. The molecule has 1 fully saturated rings. The number of pyridine rings is 1. The zero-order valence-electron chi connectivity index (χ0n) is 14.5. The minimum atomic E-state index is -0.0157. The summed E-state index contributed by atoms with van der Waals surface area (Å²) in [6.07, 6.45) is 1.57. The fourth-order valence-corrected chi connectivity index (χ4v) is 2.83. The van der Waals surface area contributed by atoms with Crippen LogP contribution in [0.2, 0.25) is 0 Å². The number of hydrogen-bond donors (Lipinski definition) is 2. The first kappa shape index (κ1) is 22.2. The number of hydrogen-bond acceptors (Lipinski definition) is 5. The van der Waals surface area contributed by atoms with Crippen LogP contribution in [0.15, 0.2) is 48.7 Å². The molecule has 26 heavy (non-hydrogen) atoms. The van der Waals surface area contributed by atoms with Gasteiger partial charge in [-0.15, -0.1) is 24.8 Å². The highest BCUT2D eigenvalue weighted by atomic mass is 35.5. The van der Waals surface area contributed by atoms with Crippen LogP contribution in [-0.4, -0.2) is 53.4 Å². The molecular weight excluding hydrogens is 373 g/mol. The number of carbonyl (C=O) groups excluding carboxylic acids is 1. The van der Waals surface area contributed by atoms with Gasteiger partial charge >= 0.3 is 0 Å². The summed E-state index contributed by atoms with van der Waals surface area (Å²) in [6, 6.07) is 13.9. The standard InChI is InChI=1S/C18H23N5O.2ClH/c19-17-7-6-16(12-20-17)21-18(24)14-23-10-8-22(9-11-23)13-15-4-2-1-3-5-15;;/h1-7,12H,8-11,13-14H2,(H2,19,20)(H,21,24);2*1H. The average Bonchev–Trinajstić information content (AvgIpc) is 2.60. The number of aromatic nitrogens is 1. The highest BCUT2D eigenvalue weighted by Gasteiger charge is 2.19. The molecule has 0 radical (unpaired) electrons. The van der Waals surface area contributed by atoms with Gasteiger partial charge in [0.25, 0.3) is 0 Å². The van der Waals surface area contributed by atoms with E-state index in [-0.39, 0.29) is 30.7 Å². The zero-order valence-corrected chi connectivity index (χ0v) is 16.1. The van der Waals surface area contributed by atoms with Gasteiger partial charge in [0.15, 0.2) is 0 Å². The van der Waals surface area contributed by atoms with Crippen LogP contribution in [-0.2, 0) is 11.3 Å². The van der Waals surface area contributed by atoms with Crippen LogP contribution in [0.1, 0.15) is 5.56 Å². The van der Waals surface area contributed by atoms with Crippen LogP contribution in [0, 0.1) is 0 Å². The van der Waals surface area contributed by atoms with Crippen molar-refractivity contribution in [2.24, 2.45) is 0 Å². The molecule has 0 saturated carbocycles. The maximum absolute atomic E-state index is 12.1. The quantitative estimate of drug-likeness (QED) is 0.808. The molecule has 1 aliphatic rings. The fraction of sp³-hybridized carbons (Fsp3) is 0.333. The predicted molar refractivity (Wildman–Crippen MR) is 110 cm³/mol. The number of piperazine rings is 1. The number of benzene rings is 1. The van der Waals surface area contributed by atoms with Gasteiger partial charge in [0.2, 0.25) is 5.91 Å². The smallest absolute Gasteiger partial charge is 0.238 e. The predicted octanol–water partition coefficient (Wildman–Crippen LogP) is 2.26. The van der Waals surface area contributed by atoms with Crippen LogP contribution in [0.3, 0.4) is 0 Å². The molecule has 1 aromatic heterocycles. The van der Waals surface area contributed by atoms with Crippen molar-refractivity contribution in [1.29, 1.82) is 0 Å². The van der Waals surface area contributed by atoms with Gasteiger partial charge in [0.1, 0.15) is 5.82 Å². The lowest BCUT2D eigenvalue weighted by molar-refractivity contribution is -0.117. The summed E-state index contributed by atoms with van der Waals surface area (Å²) in [4.78, 5) is 20.7. The number of carbonyl (C=O) groups is 1. The Kier molecular flexibility index (Phi) is 9.37. The van der Waals surface area contributed by atoms with Crippen molar-refractivity contribution in [1.82, 2.24) is 14.8 Å². The van der Waals surface area contributed by atoms with Gasteiger partial charge in [-0.05, 0) is 17.7 Å². The van der Waals surface area contributed by atoms with Gasteiger partial charge in [-0.25, -0.2) is 4.98 Å². The number of rotatable bonds is 5. The Morgan fingerprint density at radius 1 is 1.00 bits per heavy atom. The number of nitrogens with zero attached hydrogens (tertiary/aromatic N) is 3. The van der Waals surface area contributed by atoms with Crippen molar-refractivity contribution >= 4 is 42.2 Å². The van der Waals surface area contributed by atoms with Crippen molar-refractivity contribution in [3.8, 4) is 0 Å². The molecule has 2 heterocycles. The Bertz CT molecular complexity index is 661. The Hall–Kier alpha value is -1.86. The molecule has 8 heteroatoms. The summed E-state index contributed by atoms with van der Waals surface area (Å²) in [7, 11) is 0. The Morgan fingerprint density at radius 3 is 2.27 bits per heavy atom. The topological polar surface area (TPSA) is 74.5 Å². The van der Waals surface area contributed by atoms with Crippen LogP contribution >= 0.6 is 24.8 Å². The third-order valence-electron chi connectivity index (χ3n) is 4.15. The van der Waals surface area contributed by atoms with Crippen molar-refractivity contribution in [3.05, 3.63) is 54.2 Å². The van der Waals surface area contributed by atoms with Crippen LogP contribution in [0.25, 0.3) is 0 Å². The lowest BCUT2D eigenvalue weighted by atomic mass is 10.2. The Morgan fingerprint density at radius 2 is 1.65 bits per heavy atom. The number of amides is 1. The third-order valence-corrected chi connectivity index (χ3v) is 4.15. The first-order chi connectivity index (χ1) is 11.7. The van der Waals surface area contributed by atoms with Gasteiger partial charge < -0.3 is 11.1 Å². The van der Waals surface area contributed by atoms with Crippen molar-refractivity contribution in [2.45, 2.75) is 6.54 Å². The second-order valence-corrected chi connectivity index (χ2v) is 6.06. The number of anilines is 2. The monoisotopic (exact) mass is 397 g/mol. The number of nitrogen functional groups attached to an aromatic ring is 1. The molecule has 142 valence electrons. The van der Waals surface area contributed by atoms with E-state index >= 15 is 0 Å². The first-order valence-electron chi connectivity index (χ1n) is 8.19. The molecule has 1 aromatic carbocycles. The van der Waals surface area contributed by atoms with Crippen LogP contribution in [0.4, 0.5) is 11.5 Å². The summed E-state index contributed by atoms with van der Waals surface area (Å²) in [5, 5.41) is 2.86. The van der Waals surface area contributed by atoms with Crippen molar-refractivity contribution < 1.29 is 4.79 Å². The second-order valence-electron chi connectivity index (χ2n) is 6.06. The molecule has 1 aliphatic heterocycles. The van der Waals surface area contributed by atoms with Gasteiger partial charge in [-0.3, -0.25) is 14.6 Å². The highest BCUT2D eigenvalue weighted by molar-refractivity contribution is 5.92. The summed E-state index contributed by atoms with van der Waals surface area (Å²) < 4.78 is 0. The molecule has 1 amide bonds. The zero-order chi connectivity index (χ0) is 16.8. The van der Waals surface area contributed by atoms with E-state index in [2.05, 4.69) is 44.4 Å². The molecule has 0 aliphatic carbocycles. The molecule has 6 nitrogen and oxygen atoms in total. The van der Waals surface area contributed by atoms with Crippen molar-refractivity contribution in [3.63, 3.8) is 0 Å². The summed E-state index contributed by atoms with van der Waals surface area (Å²) >= 11 is 0. The largest absolute Gasteiger partial charge is 0.384 e. The fourth-order valence-electron chi connectivity index (χ4n) is 2.83. The summed E-state index contributed by atoms with van der Waals surface area (Å²) in [6.45, 7) is 5.14. The molecule has 2 aromatic rings. The molecule has 3 N–H and O–H groups in total. The van der Waals surface area contributed by atoms with E-state index < -0.39 is 0 Å². The number of nitrogens with one attached hydrogen (secondary N) is 1. The SMILES string of the molecule is Cl.Cl.Nc1ccc(NC(=O)CN2CCN(Cc3ccccc3)CC2)cn1. The second kappa shape index (κ2) is 11.0. The van der Waals surface area contributed by atoms with Gasteiger partial charge in [0.05, 0.1) is 18.4 Å². The molecular formula is C18H25Cl2N5O. The first-order valence-corrected chi connectivity index (χ1v) is 8.19. The lowest BCUT2D eigenvalue weighted by Crippen LogP contribution is -2.48. The molecule has 1 saturated heterocycles. The maximum atomic E-state index is 12.1. The minimum Gasteiger partial charge on any atom is -0.384 e. The van der Waals surface area contributed by atoms with E-state index in [1.807, 2.05) is 6.07 Å². The van der Waals surface area contributed by atoms with Crippen molar-refractivity contribution in [2.75, 3.05) is 43.8 Å². The molecule has 3 rings (SSSR count). The van der Waals surface area contributed by atoms with E-state index in [1.165, 1.54) is 5.56 Å². The Labute approximate surface area is 166 Å². The van der Waals surface area contributed by atoms with E-state index in [4.69, 9.17) is 5.73 Å². The Balaban J connectivity index is 0.00000169. The van der Waals surface area contributed by atoms with Gasteiger partial charge in [-0.1, -0.05) is 30.3 Å². The molecule has 0 atom stereocenters. The molecule has 0 unspecified atom stereocenters. The van der Waals surface area contributed by atoms with Crippen LogP contribution in [0.5, 0.6) is 0 Å². The maximum Gasteiger partial charge on any atom is 0.238 e. The summed E-state index contributed by atoms with van der Waals surface area (Å²) in [5.74, 6) is 0.431. The normalized spacial score (nSPS) is 14.8. The molecule has 0 bridgehead atoms. The molecule has 0 spiro atoms. The average molecular weight is 398 g/mol. The van der Waals surface area contributed by atoms with Crippen LogP contribution < -0.4 is 11.1 Å². The van der Waals surface area contributed by atoms with Gasteiger partial charge in [0, 0.05) is 32.7 Å². The minimum absolute atomic E-state index is 0. The van der Waals surface area contributed by atoms with Gasteiger partial charge in [-0.2, -0.15) is 0 Å². The number of nitrogens with two attached hydrogens (primary N) is 1. The van der Waals surface area contributed by atoms with E-state index in [0.29, 0.717) is 18.1 Å². The van der Waals surface area contributed by atoms with E-state index in [0.717, 1.165) is 32.7 Å². The third kappa shape index (κ3) is 6.80. The summed E-state index contributed by atoms with van der Waals surface area (Å²) in [5.41, 5.74) is 7.55. The van der Waals surface area contributed by atoms with E-state index in [1.54, 1.807) is 18.3 Å².